The van der Waals surface area contributed by atoms with E-state index in [2.05, 4.69) is 0 Å². The lowest BCUT2D eigenvalue weighted by Gasteiger charge is -2.23. The number of carbonyl (C=O) groups is 4. The molecule has 1 aliphatic heterocycles. The van der Waals surface area contributed by atoms with Gasteiger partial charge in [0.2, 0.25) is 10.5 Å². The molecule has 13 heteroatoms. The molecule has 0 aromatic heterocycles. The molecule has 1 heterocycles. The van der Waals surface area contributed by atoms with E-state index in [4.69, 9.17) is 85.9 Å². The van der Waals surface area contributed by atoms with E-state index in [9.17, 15) is 19.2 Å². The van der Waals surface area contributed by atoms with Crippen molar-refractivity contribution in [3.63, 3.8) is 0 Å². The van der Waals surface area contributed by atoms with Gasteiger partial charge in [-0.25, -0.2) is 0 Å². The molecule has 1 amide bonds. The monoisotopic (exact) mass is 703 g/mol. The highest BCUT2D eigenvalue weighted by molar-refractivity contribution is 6.69. The van der Waals surface area contributed by atoms with Crippen LogP contribution < -0.4 is 0 Å². The molecule has 3 fully saturated rings. The average Bonchev–Trinajstić information content (AvgIpc) is 3.57. The van der Waals surface area contributed by atoms with Crippen LogP contribution in [0.15, 0.2) is 42.5 Å². The first kappa shape index (κ1) is 36.1. The minimum Gasteiger partial charge on any atom is -0.378 e. The summed E-state index contributed by atoms with van der Waals surface area (Å²) in [6.07, 6.45) is 5.19. The Morgan fingerprint density at radius 1 is 0.829 bits per heavy atom. The van der Waals surface area contributed by atoms with Crippen LogP contribution in [-0.2, 0) is 20.7 Å². The van der Waals surface area contributed by atoms with Crippen molar-refractivity contribution in [1.29, 1.82) is 0 Å². The van der Waals surface area contributed by atoms with Crippen LogP contribution in [0.5, 0.6) is 0 Å². The van der Waals surface area contributed by atoms with Gasteiger partial charge in [0.05, 0.1) is 28.8 Å². The van der Waals surface area contributed by atoms with Gasteiger partial charge >= 0.3 is 5.37 Å². The van der Waals surface area contributed by atoms with Crippen LogP contribution in [0.4, 0.5) is 4.79 Å². The molecule has 2 aromatic carbocycles. The van der Waals surface area contributed by atoms with Crippen molar-refractivity contribution in [2.45, 2.75) is 32.1 Å². The Morgan fingerprint density at radius 3 is 1.85 bits per heavy atom. The number of amides is 1. The maximum atomic E-state index is 10.8. The van der Waals surface area contributed by atoms with Gasteiger partial charge in [0.25, 0.3) is 5.24 Å². The van der Waals surface area contributed by atoms with Gasteiger partial charge in [-0.15, -0.1) is 0 Å². The molecular weight excluding hydrogens is 678 g/mol. The van der Waals surface area contributed by atoms with E-state index in [1.54, 1.807) is 41.3 Å². The van der Waals surface area contributed by atoms with Crippen LogP contribution >= 0.6 is 81.2 Å². The molecule has 0 spiro atoms. The number of ether oxygens (including phenoxy) is 1. The molecule has 2 aromatic rings. The maximum absolute atomic E-state index is 10.8. The maximum Gasteiger partial charge on any atom is 0.316 e. The van der Waals surface area contributed by atoms with Crippen LogP contribution in [0.2, 0.25) is 15.1 Å². The predicted octanol–water partition coefficient (Wildman–Crippen LogP) is 8.89. The number of carbonyl (C=O) groups excluding carboxylic acids is 4. The van der Waals surface area contributed by atoms with Crippen molar-refractivity contribution >= 4 is 102 Å². The summed E-state index contributed by atoms with van der Waals surface area (Å²) in [6, 6.07) is 11.7. The Kier molecular flexibility index (Phi) is 16.3. The summed E-state index contributed by atoms with van der Waals surface area (Å²) in [5, 5.41) is -0.224. The summed E-state index contributed by atoms with van der Waals surface area (Å²) >= 11 is 37.9. The van der Waals surface area contributed by atoms with Gasteiger partial charge in [-0.05, 0) is 107 Å². The second kappa shape index (κ2) is 18.5. The zero-order valence-corrected chi connectivity index (χ0v) is 27.1. The van der Waals surface area contributed by atoms with Crippen molar-refractivity contribution in [2.75, 3.05) is 26.3 Å². The zero-order valence-electron chi connectivity index (χ0n) is 21.8. The minimum absolute atomic E-state index is 0.0906. The van der Waals surface area contributed by atoms with E-state index >= 15 is 0 Å². The molecule has 224 valence electrons. The standard InChI is InChI=1S/C8H6Cl2O.C8H11ClO.C7H3Cl3O.C5H8ClNO2/c9-7-3-1-6(2-4-7)5-8(10)11;9-8(10)7-4-5-1-2-6(7)3-5;8-5-3-1-2-4(6(5)9)7(10)11;6-5(8)7-1-3-9-4-2-7/h1-4H,5H2;5-7H,1-4H2;1-3H;1-4H2. The van der Waals surface area contributed by atoms with Crippen molar-refractivity contribution < 1.29 is 23.9 Å². The molecule has 3 unspecified atom stereocenters. The van der Waals surface area contributed by atoms with Crippen molar-refractivity contribution in [1.82, 2.24) is 4.90 Å². The Labute approximate surface area is 274 Å². The van der Waals surface area contributed by atoms with Crippen LogP contribution in [0, 0.1) is 17.8 Å². The van der Waals surface area contributed by atoms with Crippen LogP contribution in [0.3, 0.4) is 0 Å². The molecule has 2 saturated carbocycles. The normalized spacial score (nSPS) is 20.4. The number of rotatable bonds is 4. The third kappa shape index (κ3) is 13.0. The molecule has 3 aliphatic rings. The summed E-state index contributed by atoms with van der Waals surface area (Å²) in [5.74, 6) is 1.70. The molecule has 2 aliphatic carbocycles. The first-order chi connectivity index (χ1) is 19.4. The first-order valence-electron chi connectivity index (χ1n) is 12.7. The van der Waals surface area contributed by atoms with Gasteiger partial charge < -0.3 is 9.64 Å². The lowest BCUT2D eigenvalue weighted by atomic mass is 9.90. The fraction of sp³-hybridized carbons (Fsp3) is 0.429. The summed E-state index contributed by atoms with van der Waals surface area (Å²) in [6.45, 7) is 2.47. The summed E-state index contributed by atoms with van der Waals surface area (Å²) < 4.78 is 5.00. The Morgan fingerprint density at radius 2 is 1.46 bits per heavy atom. The molecule has 0 radical (unpaired) electrons. The highest BCUT2D eigenvalue weighted by Gasteiger charge is 2.42. The fourth-order valence-electron chi connectivity index (χ4n) is 4.68. The van der Waals surface area contributed by atoms with Gasteiger partial charge in [-0.3, -0.25) is 19.2 Å². The smallest absolute Gasteiger partial charge is 0.316 e. The molecule has 1 saturated heterocycles. The number of morpholine rings is 1. The van der Waals surface area contributed by atoms with Gasteiger partial charge in [-0.2, -0.15) is 0 Å². The Hall–Kier alpha value is -1.09. The molecule has 0 N–H and O–H groups in total. The number of fused-ring (bicyclic) bond motifs is 2. The highest BCUT2D eigenvalue weighted by atomic mass is 35.5. The van der Waals surface area contributed by atoms with Crippen LogP contribution in [-0.4, -0.2) is 52.3 Å². The quantitative estimate of drug-likeness (QED) is 0.235. The topological polar surface area (TPSA) is 80.8 Å². The van der Waals surface area contributed by atoms with Crippen molar-refractivity contribution in [3.8, 4) is 0 Å². The highest BCUT2D eigenvalue weighted by Crippen LogP contribution is 2.48. The predicted molar refractivity (Wildman–Crippen MR) is 166 cm³/mol. The Bertz CT molecular complexity index is 1190. The van der Waals surface area contributed by atoms with E-state index in [0.717, 1.165) is 17.9 Å². The number of hydrogen-bond acceptors (Lipinski definition) is 5. The minimum atomic E-state index is -0.600. The van der Waals surface area contributed by atoms with Crippen LogP contribution in [0.25, 0.3) is 0 Å². The summed E-state index contributed by atoms with van der Waals surface area (Å²) in [4.78, 5) is 43.9. The molecular formula is C28H28Cl7NO5. The van der Waals surface area contributed by atoms with E-state index in [1.807, 2.05) is 0 Å². The van der Waals surface area contributed by atoms with E-state index in [0.29, 0.717) is 42.3 Å². The zero-order chi connectivity index (χ0) is 30.5. The molecule has 5 rings (SSSR count). The second-order valence-corrected chi connectivity index (χ2v) is 12.2. The molecule has 6 nitrogen and oxygen atoms in total. The van der Waals surface area contributed by atoms with Gasteiger partial charge in [0.1, 0.15) is 0 Å². The average molecular weight is 707 g/mol. The molecule has 41 heavy (non-hydrogen) atoms. The molecule has 2 bridgehead atoms. The number of halogens is 7. The first-order valence-corrected chi connectivity index (χ1v) is 15.3. The van der Waals surface area contributed by atoms with Gasteiger partial charge in [-0.1, -0.05) is 59.4 Å². The number of benzene rings is 2. The van der Waals surface area contributed by atoms with Crippen molar-refractivity contribution in [3.05, 3.63) is 68.7 Å². The van der Waals surface area contributed by atoms with E-state index < -0.39 is 5.24 Å². The third-order valence-electron chi connectivity index (χ3n) is 6.71. The lowest BCUT2D eigenvalue weighted by molar-refractivity contribution is -0.116. The van der Waals surface area contributed by atoms with E-state index in [1.165, 1.54) is 25.3 Å². The SMILES string of the molecule is O=C(Cl)C1CC2CCC1C2.O=C(Cl)Cc1ccc(Cl)cc1.O=C(Cl)N1CCOCC1.O=C(Cl)c1cccc(Cl)c1Cl. The summed E-state index contributed by atoms with van der Waals surface area (Å²) in [5.41, 5.74) is 1.12. The van der Waals surface area contributed by atoms with Crippen LogP contribution in [0.1, 0.15) is 41.6 Å². The number of nitrogens with zero attached hydrogens (tertiary/aromatic N) is 1. The largest absolute Gasteiger partial charge is 0.378 e. The summed E-state index contributed by atoms with van der Waals surface area (Å²) in [7, 11) is 0. The number of hydrogen-bond donors (Lipinski definition) is 0. The Balaban J connectivity index is 0.000000192. The fourth-order valence-corrected chi connectivity index (χ4v) is 5.99. The lowest BCUT2D eigenvalue weighted by Crippen LogP contribution is -2.37. The second-order valence-electron chi connectivity index (χ2n) is 9.47. The van der Waals surface area contributed by atoms with E-state index in [-0.39, 0.29) is 38.8 Å². The third-order valence-corrected chi connectivity index (χ3v) is 8.64. The molecule has 3 atom stereocenters. The van der Waals surface area contributed by atoms with Crippen molar-refractivity contribution in [2.24, 2.45) is 17.8 Å². The van der Waals surface area contributed by atoms with Gasteiger partial charge in [0, 0.05) is 30.5 Å². The van der Waals surface area contributed by atoms with Gasteiger partial charge in [0.15, 0.2) is 0 Å².